The van der Waals surface area contributed by atoms with E-state index in [-0.39, 0.29) is 5.91 Å². The Hall–Kier alpha value is -2.79. The number of carbonyl (C=O) groups excluding carboxylic acids is 1. The number of rotatable bonds is 4. The van der Waals surface area contributed by atoms with Gasteiger partial charge in [0.25, 0.3) is 5.91 Å². The third-order valence-electron chi connectivity index (χ3n) is 5.68. The number of hydrogen-bond donors (Lipinski definition) is 2. The fourth-order valence-electron chi connectivity index (χ4n) is 4.02. The van der Waals surface area contributed by atoms with E-state index in [2.05, 4.69) is 59.4 Å². The number of benzene rings is 2. The van der Waals surface area contributed by atoms with Gasteiger partial charge in [-0.2, -0.15) is 0 Å². The van der Waals surface area contributed by atoms with Crippen molar-refractivity contribution in [3.05, 3.63) is 59.8 Å². The van der Waals surface area contributed by atoms with Crippen molar-refractivity contribution < 1.29 is 4.79 Å². The van der Waals surface area contributed by atoms with Crippen LogP contribution in [0.2, 0.25) is 0 Å². The highest BCUT2D eigenvalue weighted by Crippen LogP contribution is 2.31. The van der Waals surface area contributed by atoms with Gasteiger partial charge in [0.15, 0.2) is 0 Å². The molecule has 0 atom stereocenters. The van der Waals surface area contributed by atoms with Crippen molar-refractivity contribution in [2.75, 3.05) is 41.7 Å². The molecule has 2 aliphatic heterocycles. The van der Waals surface area contributed by atoms with E-state index in [1.54, 1.807) is 6.20 Å². The molecule has 2 aliphatic rings. The van der Waals surface area contributed by atoms with Crippen LogP contribution in [0.3, 0.4) is 0 Å². The molecule has 0 radical (unpaired) electrons. The van der Waals surface area contributed by atoms with E-state index in [0.29, 0.717) is 11.6 Å². The molecule has 2 aromatic carbocycles. The van der Waals surface area contributed by atoms with Crippen LogP contribution in [0.5, 0.6) is 0 Å². The summed E-state index contributed by atoms with van der Waals surface area (Å²) in [6, 6.07) is 14.8. The Labute approximate surface area is 167 Å². The largest absolute Gasteiger partial charge is 0.369 e. The molecule has 1 saturated heterocycles. The van der Waals surface area contributed by atoms with Crippen molar-refractivity contribution >= 4 is 28.5 Å². The summed E-state index contributed by atoms with van der Waals surface area (Å²) >= 11 is 0. The maximum atomic E-state index is 12.2. The number of piperazine rings is 1. The molecule has 146 valence electrons. The maximum Gasteiger partial charge on any atom is 0.257 e. The highest BCUT2D eigenvalue weighted by molar-refractivity contribution is 6.31. The summed E-state index contributed by atoms with van der Waals surface area (Å²) in [7, 11) is 0. The first-order valence-corrected chi connectivity index (χ1v) is 10.00. The monoisotopic (exact) mass is 376 g/mol. The first-order valence-electron chi connectivity index (χ1n) is 10.00. The molecule has 0 spiro atoms. The Morgan fingerprint density at radius 2 is 1.82 bits per heavy atom. The van der Waals surface area contributed by atoms with Gasteiger partial charge in [-0.05, 0) is 50.6 Å². The Balaban J connectivity index is 1.46. The number of para-hydroxylation sites is 1. The molecule has 2 N–H and O–H groups in total. The first kappa shape index (κ1) is 18.6. The van der Waals surface area contributed by atoms with Crippen LogP contribution in [-0.4, -0.2) is 43.0 Å². The Morgan fingerprint density at radius 1 is 1.07 bits per heavy atom. The molecule has 0 aromatic heterocycles. The molecule has 0 aliphatic carbocycles. The van der Waals surface area contributed by atoms with Crippen LogP contribution in [-0.2, 0) is 4.79 Å². The van der Waals surface area contributed by atoms with E-state index in [1.807, 2.05) is 24.3 Å². The van der Waals surface area contributed by atoms with Crippen LogP contribution >= 0.6 is 0 Å². The minimum absolute atomic E-state index is 0.0648. The number of nitrogens with one attached hydrogen (secondary N) is 2. The molecular formula is C23H28N4O. The highest BCUT2D eigenvalue weighted by Gasteiger charge is 2.23. The fourth-order valence-corrected chi connectivity index (χ4v) is 4.02. The van der Waals surface area contributed by atoms with Gasteiger partial charge in [-0.1, -0.05) is 18.2 Å². The summed E-state index contributed by atoms with van der Waals surface area (Å²) < 4.78 is 0. The summed E-state index contributed by atoms with van der Waals surface area (Å²) in [6.07, 6.45) is 1.80. The van der Waals surface area contributed by atoms with E-state index in [9.17, 15) is 4.79 Å². The van der Waals surface area contributed by atoms with Gasteiger partial charge in [-0.25, -0.2) is 0 Å². The van der Waals surface area contributed by atoms with Crippen LogP contribution in [0.25, 0.3) is 5.57 Å². The van der Waals surface area contributed by atoms with Crippen LogP contribution in [0.1, 0.15) is 25.0 Å². The minimum Gasteiger partial charge on any atom is -0.369 e. The Morgan fingerprint density at radius 3 is 2.54 bits per heavy atom. The highest BCUT2D eigenvalue weighted by atomic mass is 16.2. The van der Waals surface area contributed by atoms with E-state index < -0.39 is 0 Å². The second-order valence-electron chi connectivity index (χ2n) is 7.82. The van der Waals surface area contributed by atoms with E-state index in [1.165, 1.54) is 11.3 Å². The third-order valence-corrected chi connectivity index (χ3v) is 5.68. The molecule has 0 bridgehead atoms. The summed E-state index contributed by atoms with van der Waals surface area (Å²) in [5.74, 6) is -0.0648. The van der Waals surface area contributed by atoms with Gasteiger partial charge in [0.1, 0.15) is 0 Å². The van der Waals surface area contributed by atoms with Gasteiger partial charge >= 0.3 is 0 Å². The molecule has 1 amide bonds. The summed E-state index contributed by atoms with van der Waals surface area (Å²) in [4.78, 5) is 17.2. The average molecular weight is 377 g/mol. The second kappa shape index (κ2) is 7.68. The number of carbonyl (C=O) groups is 1. The van der Waals surface area contributed by atoms with Gasteiger partial charge in [-0.3, -0.25) is 9.69 Å². The molecule has 4 rings (SSSR count). The molecule has 28 heavy (non-hydrogen) atoms. The van der Waals surface area contributed by atoms with Crippen molar-refractivity contribution in [1.29, 1.82) is 0 Å². The fraction of sp³-hybridized carbons (Fsp3) is 0.348. The van der Waals surface area contributed by atoms with E-state index >= 15 is 0 Å². The quantitative estimate of drug-likeness (QED) is 0.794. The molecule has 5 nitrogen and oxygen atoms in total. The lowest BCUT2D eigenvalue weighted by Gasteiger charge is -2.38. The van der Waals surface area contributed by atoms with Crippen molar-refractivity contribution in [3.8, 4) is 0 Å². The van der Waals surface area contributed by atoms with Crippen molar-refractivity contribution in [3.63, 3.8) is 0 Å². The number of aryl methyl sites for hydroxylation is 1. The SMILES string of the molecule is Cc1cc(NC=C2C(=O)Nc3ccccc32)ccc1N1CCN(C(C)C)CC1. The topological polar surface area (TPSA) is 47.6 Å². The van der Waals surface area contributed by atoms with Gasteiger partial charge in [0, 0.05) is 61.0 Å². The van der Waals surface area contributed by atoms with Gasteiger partial charge < -0.3 is 15.5 Å². The second-order valence-corrected chi connectivity index (χ2v) is 7.82. The molecule has 2 heterocycles. The summed E-state index contributed by atoms with van der Waals surface area (Å²) in [5, 5.41) is 6.20. The zero-order chi connectivity index (χ0) is 19.7. The number of fused-ring (bicyclic) bond motifs is 1. The zero-order valence-electron chi connectivity index (χ0n) is 16.8. The van der Waals surface area contributed by atoms with Gasteiger partial charge in [-0.15, -0.1) is 0 Å². The smallest absolute Gasteiger partial charge is 0.257 e. The maximum absolute atomic E-state index is 12.2. The predicted molar refractivity (Wildman–Crippen MR) is 117 cm³/mol. The minimum atomic E-state index is -0.0648. The number of anilines is 3. The molecule has 2 aromatic rings. The van der Waals surface area contributed by atoms with Crippen LogP contribution in [0.15, 0.2) is 48.7 Å². The molecule has 0 saturated carbocycles. The summed E-state index contributed by atoms with van der Waals surface area (Å²) in [5.41, 5.74) is 6.01. The molecule has 5 heteroatoms. The van der Waals surface area contributed by atoms with Crippen LogP contribution in [0, 0.1) is 6.92 Å². The first-order chi connectivity index (χ1) is 13.5. The normalized spacial score (nSPS) is 18.5. The van der Waals surface area contributed by atoms with E-state index in [4.69, 9.17) is 0 Å². The number of nitrogens with zero attached hydrogens (tertiary/aromatic N) is 2. The van der Waals surface area contributed by atoms with Crippen molar-refractivity contribution in [2.45, 2.75) is 26.8 Å². The van der Waals surface area contributed by atoms with Gasteiger partial charge in [0.2, 0.25) is 0 Å². The van der Waals surface area contributed by atoms with E-state index in [0.717, 1.165) is 43.1 Å². The predicted octanol–water partition coefficient (Wildman–Crippen LogP) is 3.93. The Kier molecular flexibility index (Phi) is 5.09. The lowest BCUT2D eigenvalue weighted by Crippen LogP contribution is -2.49. The van der Waals surface area contributed by atoms with Crippen molar-refractivity contribution in [2.24, 2.45) is 0 Å². The van der Waals surface area contributed by atoms with Gasteiger partial charge in [0.05, 0.1) is 5.57 Å². The number of amides is 1. The van der Waals surface area contributed by atoms with Crippen LogP contribution < -0.4 is 15.5 Å². The lowest BCUT2D eigenvalue weighted by atomic mass is 10.1. The Bertz CT molecular complexity index is 911. The lowest BCUT2D eigenvalue weighted by molar-refractivity contribution is -0.110. The molecule has 0 unspecified atom stereocenters. The molecule has 1 fully saturated rings. The number of hydrogen-bond acceptors (Lipinski definition) is 4. The third kappa shape index (κ3) is 3.62. The van der Waals surface area contributed by atoms with Crippen molar-refractivity contribution in [1.82, 2.24) is 4.90 Å². The zero-order valence-corrected chi connectivity index (χ0v) is 16.8. The standard InChI is InChI=1S/C23H28N4O/c1-16(2)26-10-12-27(13-11-26)22-9-8-18(14-17(22)3)24-15-20-19-6-4-5-7-21(19)25-23(20)28/h4-9,14-16,24H,10-13H2,1-3H3,(H,25,28). The average Bonchev–Trinajstić information content (AvgIpc) is 3.01. The summed E-state index contributed by atoms with van der Waals surface area (Å²) in [6.45, 7) is 11.0. The molecular weight excluding hydrogens is 348 g/mol. The van der Waals surface area contributed by atoms with Crippen LogP contribution in [0.4, 0.5) is 17.1 Å².